The molecule has 0 radical (unpaired) electrons. The minimum absolute atomic E-state index is 0.253. The van der Waals surface area contributed by atoms with E-state index in [4.69, 9.17) is 36.3 Å². The van der Waals surface area contributed by atoms with Gasteiger partial charge in [0.05, 0.1) is 25.8 Å². The summed E-state index contributed by atoms with van der Waals surface area (Å²) in [6.45, 7) is 10.8. The zero-order valence-corrected chi connectivity index (χ0v) is 21.2. The fourth-order valence-corrected chi connectivity index (χ4v) is 4.53. The highest BCUT2D eigenvalue weighted by Crippen LogP contribution is 2.36. The van der Waals surface area contributed by atoms with Crippen LogP contribution >= 0.6 is 11.6 Å². The van der Waals surface area contributed by atoms with Gasteiger partial charge in [0.1, 0.15) is 12.4 Å². The lowest BCUT2D eigenvalue weighted by atomic mass is 9.91. The third-order valence-electron chi connectivity index (χ3n) is 5.93. The van der Waals surface area contributed by atoms with Gasteiger partial charge in [-0.25, -0.2) is 0 Å². The number of nitrogens with two attached hydrogens (primary N) is 1. The largest absolute Gasteiger partial charge is 0.493 e. The number of hydrogen-bond donors (Lipinski definition) is 1. The van der Waals surface area contributed by atoms with Crippen molar-refractivity contribution in [3.05, 3.63) is 47.8 Å². The van der Waals surface area contributed by atoms with Crippen molar-refractivity contribution in [2.75, 3.05) is 53.7 Å². The Morgan fingerprint density at radius 3 is 2.82 bits per heavy atom. The van der Waals surface area contributed by atoms with Crippen LogP contribution in [0.4, 0.5) is 0 Å². The van der Waals surface area contributed by atoms with Gasteiger partial charge in [-0.1, -0.05) is 25.1 Å². The molecule has 0 amide bonds. The zero-order valence-electron chi connectivity index (χ0n) is 20.4. The first-order valence-electron chi connectivity index (χ1n) is 11.5. The number of likely N-dealkylation sites (tertiary alicyclic amines) is 1. The SMILES string of the molecule is C=C(N)C/C(Cl)=C\COc1ccnc2cc(OCCCN3CCC(C)(COC)C3)c(OC)cc12. The van der Waals surface area contributed by atoms with Crippen LogP contribution in [0.3, 0.4) is 0 Å². The summed E-state index contributed by atoms with van der Waals surface area (Å²) >= 11 is 6.14. The average molecular weight is 490 g/mol. The molecule has 2 aromatic rings. The second kappa shape index (κ2) is 12.3. The Morgan fingerprint density at radius 1 is 1.26 bits per heavy atom. The number of benzene rings is 1. The Kier molecular flexibility index (Phi) is 9.45. The predicted octanol–water partition coefficient (Wildman–Crippen LogP) is 4.73. The molecule has 1 unspecified atom stereocenters. The summed E-state index contributed by atoms with van der Waals surface area (Å²) in [6.07, 6.45) is 6.02. The van der Waals surface area contributed by atoms with E-state index in [0.29, 0.717) is 47.6 Å². The van der Waals surface area contributed by atoms with Crippen LogP contribution in [0.1, 0.15) is 26.2 Å². The molecule has 1 fully saturated rings. The molecule has 1 aromatic heterocycles. The molecule has 3 rings (SSSR count). The van der Waals surface area contributed by atoms with E-state index in [0.717, 1.165) is 43.6 Å². The maximum Gasteiger partial charge on any atom is 0.163 e. The molecule has 1 aliphatic heterocycles. The summed E-state index contributed by atoms with van der Waals surface area (Å²) in [5.41, 5.74) is 7.13. The normalized spacial score (nSPS) is 18.9. The molecule has 2 heterocycles. The van der Waals surface area contributed by atoms with E-state index in [1.165, 1.54) is 6.42 Å². The standard InChI is InChI=1S/C26H36ClN3O4/c1-19(28)14-20(27)7-13-34-23-6-9-29-22-16-25(24(32-4)15-21(22)23)33-12-5-10-30-11-8-26(2,17-30)18-31-3/h6-7,9,15-16H,1,5,8,10-14,17-18,28H2,2-4H3/b20-7+. The van der Waals surface area contributed by atoms with Crippen LogP contribution in [-0.4, -0.2) is 63.6 Å². The van der Waals surface area contributed by atoms with Gasteiger partial charge >= 0.3 is 0 Å². The summed E-state index contributed by atoms with van der Waals surface area (Å²) in [6, 6.07) is 5.61. The smallest absolute Gasteiger partial charge is 0.163 e. The van der Waals surface area contributed by atoms with Crippen molar-refractivity contribution < 1.29 is 18.9 Å². The van der Waals surface area contributed by atoms with Gasteiger partial charge in [0.15, 0.2) is 11.5 Å². The summed E-state index contributed by atoms with van der Waals surface area (Å²) in [4.78, 5) is 6.96. The Bertz CT molecular complexity index is 1010. The van der Waals surface area contributed by atoms with Crippen LogP contribution in [0, 0.1) is 5.41 Å². The number of allylic oxidation sites excluding steroid dienone is 1. The number of halogens is 1. The number of rotatable bonds is 13. The number of hydrogen-bond acceptors (Lipinski definition) is 7. The molecule has 1 aromatic carbocycles. The van der Waals surface area contributed by atoms with Crippen molar-refractivity contribution in [2.45, 2.75) is 26.2 Å². The van der Waals surface area contributed by atoms with Crippen LogP contribution in [0.25, 0.3) is 10.9 Å². The van der Waals surface area contributed by atoms with Crippen molar-refractivity contribution in [3.63, 3.8) is 0 Å². The quantitative estimate of drug-likeness (QED) is 0.407. The summed E-state index contributed by atoms with van der Waals surface area (Å²) in [7, 11) is 3.41. The van der Waals surface area contributed by atoms with Crippen molar-refractivity contribution in [1.29, 1.82) is 0 Å². The van der Waals surface area contributed by atoms with E-state index in [2.05, 4.69) is 23.4 Å². The second-order valence-electron chi connectivity index (χ2n) is 9.10. The van der Waals surface area contributed by atoms with Gasteiger partial charge < -0.3 is 29.6 Å². The van der Waals surface area contributed by atoms with E-state index >= 15 is 0 Å². The minimum Gasteiger partial charge on any atom is -0.493 e. The molecule has 34 heavy (non-hydrogen) atoms. The monoisotopic (exact) mass is 489 g/mol. The number of nitrogens with zero attached hydrogens (tertiary/aromatic N) is 2. The van der Waals surface area contributed by atoms with Gasteiger partial charge in [0.2, 0.25) is 0 Å². The summed E-state index contributed by atoms with van der Waals surface area (Å²) in [5, 5.41) is 1.44. The highest BCUT2D eigenvalue weighted by molar-refractivity contribution is 6.29. The molecule has 1 atom stereocenters. The van der Waals surface area contributed by atoms with Gasteiger partial charge in [0, 0.05) is 60.4 Å². The first-order valence-corrected chi connectivity index (χ1v) is 11.9. The molecule has 0 aliphatic carbocycles. The fourth-order valence-electron chi connectivity index (χ4n) is 4.29. The van der Waals surface area contributed by atoms with E-state index < -0.39 is 0 Å². The summed E-state index contributed by atoms with van der Waals surface area (Å²) in [5.74, 6) is 2.01. The predicted molar refractivity (Wildman–Crippen MR) is 137 cm³/mol. The number of pyridine rings is 1. The van der Waals surface area contributed by atoms with Gasteiger partial charge in [-0.3, -0.25) is 4.98 Å². The van der Waals surface area contributed by atoms with Crippen molar-refractivity contribution in [3.8, 4) is 17.2 Å². The minimum atomic E-state index is 0.253. The van der Waals surface area contributed by atoms with Crippen molar-refractivity contribution >= 4 is 22.5 Å². The molecule has 7 nitrogen and oxygen atoms in total. The Labute approximate surface area is 207 Å². The van der Waals surface area contributed by atoms with Crippen LogP contribution in [0.2, 0.25) is 0 Å². The summed E-state index contributed by atoms with van der Waals surface area (Å²) < 4.78 is 23.0. The highest BCUT2D eigenvalue weighted by Gasteiger charge is 2.33. The lowest BCUT2D eigenvalue weighted by molar-refractivity contribution is 0.0956. The van der Waals surface area contributed by atoms with Crippen LogP contribution in [0.5, 0.6) is 17.2 Å². The lowest BCUT2D eigenvalue weighted by Gasteiger charge is -2.23. The van der Waals surface area contributed by atoms with Gasteiger partial charge in [0.25, 0.3) is 0 Å². The molecule has 2 N–H and O–H groups in total. The maximum absolute atomic E-state index is 6.14. The van der Waals surface area contributed by atoms with E-state index in [-0.39, 0.29) is 5.41 Å². The van der Waals surface area contributed by atoms with Crippen molar-refractivity contribution in [1.82, 2.24) is 9.88 Å². The first kappa shape index (κ1) is 26.1. The fraction of sp³-hybridized carbons (Fsp3) is 0.500. The first-order chi connectivity index (χ1) is 16.3. The van der Waals surface area contributed by atoms with Gasteiger partial charge in [-0.2, -0.15) is 0 Å². The Balaban J connectivity index is 1.59. The van der Waals surface area contributed by atoms with Crippen LogP contribution in [-0.2, 0) is 4.74 Å². The third-order valence-corrected chi connectivity index (χ3v) is 6.22. The lowest BCUT2D eigenvalue weighted by Crippen LogP contribution is -2.29. The van der Waals surface area contributed by atoms with Crippen LogP contribution < -0.4 is 19.9 Å². The molecule has 186 valence electrons. The van der Waals surface area contributed by atoms with E-state index in [1.54, 1.807) is 26.5 Å². The molecule has 8 heteroatoms. The average Bonchev–Trinajstić information content (AvgIpc) is 3.16. The molecular formula is C26H36ClN3O4. The highest BCUT2D eigenvalue weighted by atomic mass is 35.5. The zero-order chi connectivity index (χ0) is 24.6. The van der Waals surface area contributed by atoms with Gasteiger partial charge in [-0.15, -0.1) is 0 Å². The van der Waals surface area contributed by atoms with E-state index in [9.17, 15) is 0 Å². The van der Waals surface area contributed by atoms with Crippen molar-refractivity contribution in [2.24, 2.45) is 11.1 Å². The molecule has 0 spiro atoms. The maximum atomic E-state index is 6.14. The van der Waals surface area contributed by atoms with Gasteiger partial charge in [-0.05, 0) is 37.6 Å². The molecule has 0 saturated carbocycles. The molecule has 1 aliphatic rings. The number of fused-ring (bicyclic) bond motifs is 1. The Hall–Kier alpha value is -2.48. The topological polar surface area (TPSA) is 79.1 Å². The number of aromatic nitrogens is 1. The molecule has 1 saturated heterocycles. The van der Waals surface area contributed by atoms with Crippen LogP contribution in [0.15, 0.2) is 47.8 Å². The number of ether oxygens (including phenoxy) is 4. The molecule has 0 bridgehead atoms. The molecular weight excluding hydrogens is 454 g/mol. The number of methoxy groups -OCH3 is 2. The Morgan fingerprint density at radius 2 is 2.09 bits per heavy atom. The van der Waals surface area contributed by atoms with E-state index in [1.807, 2.05) is 18.2 Å². The third kappa shape index (κ3) is 7.26. The second-order valence-corrected chi connectivity index (χ2v) is 9.58.